The van der Waals surface area contributed by atoms with E-state index in [0.29, 0.717) is 11.1 Å². The lowest BCUT2D eigenvalue weighted by molar-refractivity contribution is -0.142. The van der Waals surface area contributed by atoms with Crippen molar-refractivity contribution in [3.63, 3.8) is 0 Å². The lowest BCUT2D eigenvalue weighted by atomic mass is 9.84. The molecule has 0 aliphatic heterocycles. The molecule has 0 unspecified atom stereocenters. The monoisotopic (exact) mass is 896 g/mol. The normalized spacial score (nSPS) is 15.7. The van der Waals surface area contributed by atoms with Crippen molar-refractivity contribution in [3.05, 3.63) is 71.8 Å². The lowest BCUT2D eigenvalue weighted by Gasteiger charge is -2.32. The van der Waals surface area contributed by atoms with Gasteiger partial charge in [-0.3, -0.25) is 38.4 Å². The standard InChI is InChI=1S/C44H60N6O12S/c1-25(2)21-31(40(57)46-30(19-20-35(52)53)39(56)47-32(22-27-13-7-4-8-14-27)41(58)49-34(24-63)44(61)62)48-43(60)38(50-42(59)33(23-36(54)55)45-26(3)51)37(28-15-9-5-10-16-28)29-17-11-6-12-18-29/h5-6,9-12,15-18,25,27,30-34,37-38,63H,4,7-8,13-14,19-24H2,1-3H3,(H,45,51)(H,46,57)(H,47,56)(H,48,60)(H,49,58)(H,50,59)(H,52,53)(H,54,55)(H,61,62)/t30-,31-,32-,33-,34-,38+/m0/s1. The first-order chi connectivity index (χ1) is 29.9. The van der Waals surface area contributed by atoms with Crippen molar-refractivity contribution < 1.29 is 58.5 Å². The van der Waals surface area contributed by atoms with Crippen LogP contribution in [0, 0.1) is 11.8 Å². The molecule has 2 aromatic rings. The maximum Gasteiger partial charge on any atom is 0.327 e. The van der Waals surface area contributed by atoms with Crippen molar-refractivity contribution in [1.82, 2.24) is 31.9 Å². The van der Waals surface area contributed by atoms with Crippen LogP contribution in [0.15, 0.2) is 60.7 Å². The highest BCUT2D eigenvalue weighted by molar-refractivity contribution is 7.80. The van der Waals surface area contributed by atoms with Crippen LogP contribution in [0.3, 0.4) is 0 Å². The van der Waals surface area contributed by atoms with Gasteiger partial charge in [0.15, 0.2) is 0 Å². The summed E-state index contributed by atoms with van der Waals surface area (Å²) in [7, 11) is 0. The largest absolute Gasteiger partial charge is 0.481 e. The first-order valence-electron chi connectivity index (χ1n) is 21.1. The predicted molar refractivity (Wildman–Crippen MR) is 233 cm³/mol. The molecule has 6 atom stereocenters. The number of benzene rings is 2. The molecular formula is C44H60N6O12S. The summed E-state index contributed by atoms with van der Waals surface area (Å²) in [6.07, 6.45) is 2.72. The molecule has 1 aliphatic carbocycles. The van der Waals surface area contributed by atoms with Gasteiger partial charge in [-0.15, -0.1) is 0 Å². The molecule has 6 amide bonds. The minimum Gasteiger partial charge on any atom is -0.481 e. The van der Waals surface area contributed by atoms with Gasteiger partial charge >= 0.3 is 17.9 Å². The first kappa shape index (κ1) is 51.4. The molecule has 63 heavy (non-hydrogen) atoms. The van der Waals surface area contributed by atoms with E-state index in [1.165, 1.54) is 0 Å². The Bertz CT molecular complexity index is 1840. The van der Waals surface area contributed by atoms with Crippen LogP contribution in [0.5, 0.6) is 0 Å². The summed E-state index contributed by atoms with van der Waals surface area (Å²) in [5, 5.41) is 43.9. The molecule has 0 radical (unpaired) electrons. The fourth-order valence-electron chi connectivity index (χ4n) is 7.57. The Labute approximate surface area is 371 Å². The van der Waals surface area contributed by atoms with E-state index in [0.717, 1.165) is 39.0 Å². The molecule has 1 fully saturated rings. The smallest absolute Gasteiger partial charge is 0.327 e. The number of hydrogen-bond donors (Lipinski definition) is 10. The molecule has 0 saturated heterocycles. The first-order valence-corrected chi connectivity index (χ1v) is 21.7. The topological polar surface area (TPSA) is 286 Å². The molecule has 3 rings (SSSR count). The van der Waals surface area contributed by atoms with Gasteiger partial charge in [-0.25, -0.2) is 4.79 Å². The molecule has 0 heterocycles. The van der Waals surface area contributed by atoms with Gasteiger partial charge in [0.05, 0.1) is 6.42 Å². The second kappa shape index (κ2) is 25.8. The van der Waals surface area contributed by atoms with Crippen LogP contribution >= 0.6 is 12.6 Å². The minimum atomic E-state index is -1.58. The van der Waals surface area contributed by atoms with E-state index >= 15 is 0 Å². The molecule has 0 spiro atoms. The number of aliphatic carboxylic acids is 3. The second-order valence-electron chi connectivity index (χ2n) is 16.2. The van der Waals surface area contributed by atoms with Crippen molar-refractivity contribution in [2.45, 2.75) is 127 Å². The van der Waals surface area contributed by atoms with Crippen molar-refractivity contribution in [2.75, 3.05) is 5.75 Å². The van der Waals surface area contributed by atoms with Crippen molar-refractivity contribution in [2.24, 2.45) is 11.8 Å². The van der Waals surface area contributed by atoms with Crippen LogP contribution in [0.1, 0.15) is 102 Å². The highest BCUT2D eigenvalue weighted by Crippen LogP contribution is 2.30. The maximum absolute atomic E-state index is 14.7. The van der Waals surface area contributed by atoms with Gasteiger partial charge in [-0.1, -0.05) is 107 Å². The summed E-state index contributed by atoms with van der Waals surface area (Å²) in [6.45, 7) is 4.64. The fraction of sp³-hybridized carbons (Fsp3) is 0.523. The van der Waals surface area contributed by atoms with Gasteiger partial charge in [0, 0.05) is 25.0 Å². The maximum atomic E-state index is 14.7. The number of hydrogen-bond acceptors (Lipinski definition) is 10. The molecule has 19 heteroatoms. The van der Waals surface area contributed by atoms with Crippen LogP contribution in [0.4, 0.5) is 0 Å². The third kappa shape index (κ3) is 17.4. The highest BCUT2D eigenvalue weighted by atomic mass is 32.1. The average Bonchev–Trinajstić information content (AvgIpc) is 3.23. The second-order valence-corrected chi connectivity index (χ2v) is 16.6. The van der Waals surface area contributed by atoms with Crippen LogP contribution in [-0.4, -0.2) is 111 Å². The quantitative estimate of drug-likeness (QED) is 0.0642. The van der Waals surface area contributed by atoms with E-state index in [1.807, 2.05) is 0 Å². The summed E-state index contributed by atoms with van der Waals surface area (Å²) in [5.41, 5.74) is 1.12. The number of carboxylic acid groups (broad SMARTS) is 3. The summed E-state index contributed by atoms with van der Waals surface area (Å²) < 4.78 is 0. The molecule has 1 aliphatic rings. The number of thiol groups is 1. The Balaban J connectivity index is 2.02. The summed E-state index contributed by atoms with van der Waals surface area (Å²) in [4.78, 5) is 118. The summed E-state index contributed by atoms with van der Waals surface area (Å²) in [5.74, 6) is -10.6. The van der Waals surface area contributed by atoms with E-state index in [9.17, 15) is 58.5 Å². The SMILES string of the molecule is CC(=O)N[C@@H](CC(=O)O)C(=O)N[C@@H](C(=O)N[C@@H](CC(C)C)C(=O)N[C@@H](CCC(=O)O)C(=O)N[C@@H](CC1CCCCC1)C(=O)N[C@@H](CS)C(=O)O)C(c1ccccc1)c1ccccc1. The van der Waals surface area contributed by atoms with E-state index in [1.54, 1.807) is 74.5 Å². The predicted octanol–water partition coefficient (Wildman–Crippen LogP) is 2.12. The Morgan fingerprint density at radius 1 is 0.603 bits per heavy atom. The molecule has 344 valence electrons. The number of rotatable bonds is 25. The molecule has 18 nitrogen and oxygen atoms in total. The van der Waals surface area contributed by atoms with E-state index < -0.39 is 115 Å². The van der Waals surface area contributed by atoms with Crippen LogP contribution in [0.25, 0.3) is 0 Å². The summed E-state index contributed by atoms with van der Waals surface area (Å²) >= 11 is 4.02. The number of amides is 6. The number of nitrogens with one attached hydrogen (secondary N) is 6. The molecule has 0 bridgehead atoms. The minimum absolute atomic E-state index is 0.00655. The number of carbonyl (C=O) groups is 9. The number of carboxylic acids is 3. The number of carbonyl (C=O) groups excluding carboxylic acids is 6. The summed E-state index contributed by atoms with van der Waals surface area (Å²) in [6, 6.07) is 8.64. The van der Waals surface area contributed by atoms with E-state index in [2.05, 4.69) is 44.5 Å². The van der Waals surface area contributed by atoms with E-state index in [-0.39, 0.29) is 30.4 Å². The van der Waals surface area contributed by atoms with Gasteiger partial charge in [0.2, 0.25) is 35.4 Å². The van der Waals surface area contributed by atoms with Crippen LogP contribution in [0.2, 0.25) is 0 Å². The zero-order valence-electron chi connectivity index (χ0n) is 35.7. The third-order valence-corrected chi connectivity index (χ3v) is 11.0. The van der Waals surface area contributed by atoms with Crippen LogP contribution < -0.4 is 31.9 Å². The van der Waals surface area contributed by atoms with Crippen molar-refractivity contribution in [3.8, 4) is 0 Å². The van der Waals surface area contributed by atoms with Gasteiger partial charge in [0.25, 0.3) is 0 Å². The zero-order valence-corrected chi connectivity index (χ0v) is 36.6. The zero-order chi connectivity index (χ0) is 46.6. The Morgan fingerprint density at radius 2 is 1.10 bits per heavy atom. The molecule has 1 saturated carbocycles. The van der Waals surface area contributed by atoms with Crippen LogP contribution in [-0.2, 0) is 43.2 Å². The lowest BCUT2D eigenvalue weighted by Crippen LogP contribution is -2.60. The molecular weight excluding hydrogens is 837 g/mol. The molecule has 0 aromatic heterocycles. The van der Waals surface area contributed by atoms with Gasteiger partial charge in [-0.2, -0.15) is 12.6 Å². The van der Waals surface area contributed by atoms with Crippen molar-refractivity contribution in [1.29, 1.82) is 0 Å². The highest BCUT2D eigenvalue weighted by Gasteiger charge is 2.38. The Morgan fingerprint density at radius 3 is 1.59 bits per heavy atom. The third-order valence-electron chi connectivity index (χ3n) is 10.6. The Kier molecular flexibility index (Phi) is 21.1. The fourth-order valence-corrected chi connectivity index (χ4v) is 7.82. The van der Waals surface area contributed by atoms with Gasteiger partial charge in [-0.05, 0) is 42.2 Å². The Hall–Kier alpha value is -5.98. The molecule has 2 aromatic carbocycles. The van der Waals surface area contributed by atoms with Gasteiger partial charge in [0.1, 0.15) is 36.3 Å². The van der Waals surface area contributed by atoms with Gasteiger partial charge < -0.3 is 47.2 Å². The van der Waals surface area contributed by atoms with Crippen molar-refractivity contribution >= 4 is 66.0 Å². The van der Waals surface area contributed by atoms with E-state index in [4.69, 9.17) is 0 Å². The average molecular weight is 897 g/mol. The molecule has 9 N–H and O–H groups in total.